The van der Waals surface area contributed by atoms with Crippen molar-refractivity contribution in [2.75, 3.05) is 38.5 Å². The van der Waals surface area contributed by atoms with E-state index in [1.807, 2.05) is 0 Å². The standard InChI is InChI=1S/C12H24N2S/c15-11-3-1-2-6-13-7-9-14(10-8-13)12-4-5-12/h12,15H,1-11H2. The van der Waals surface area contributed by atoms with Crippen molar-refractivity contribution in [2.24, 2.45) is 0 Å². The van der Waals surface area contributed by atoms with E-state index in [1.54, 1.807) is 0 Å². The fourth-order valence-electron chi connectivity index (χ4n) is 2.42. The molecule has 1 saturated carbocycles. The molecule has 3 heteroatoms. The molecule has 0 unspecified atom stereocenters. The molecule has 0 aromatic heterocycles. The van der Waals surface area contributed by atoms with E-state index in [9.17, 15) is 0 Å². The lowest BCUT2D eigenvalue weighted by Crippen LogP contribution is -2.47. The SMILES string of the molecule is SCCCCCN1CCN(C2CC2)CC1. The summed E-state index contributed by atoms with van der Waals surface area (Å²) in [5.74, 6) is 1.05. The minimum Gasteiger partial charge on any atom is -0.301 e. The van der Waals surface area contributed by atoms with Gasteiger partial charge >= 0.3 is 0 Å². The summed E-state index contributed by atoms with van der Waals surface area (Å²) in [5, 5.41) is 0. The molecule has 1 heterocycles. The zero-order valence-corrected chi connectivity index (χ0v) is 10.6. The molecule has 0 radical (unpaired) electrons. The third-order valence-corrected chi connectivity index (χ3v) is 3.92. The van der Waals surface area contributed by atoms with E-state index in [1.165, 1.54) is 64.8 Å². The number of rotatable bonds is 6. The molecule has 0 spiro atoms. The molecule has 1 aliphatic heterocycles. The van der Waals surface area contributed by atoms with Crippen LogP contribution in [0, 0.1) is 0 Å². The molecule has 88 valence electrons. The average Bonchev–Trinajstić information content (AvgIpc) is 3.09. The Hall–Kier alpha value is 0.270. The van der Waals surface area contributed by atoms with Crippen molar-refractivity contribution in [2.45, 2.75) is 38.1 Å². The number of nitrogens with zero attached hydrogens (tertiary/aromatic N) is 2. The van der Waals surface area contributed by atoms with Gasteiger partial charge in [-0.2, -0.15) is 12.6 Å². The van der Waals surface area contributed by atoms with Crippen LogP contribution in [0.2, 0.25) is 0 Å². The Balaban J connectivity index is 1.53. The molecule has 0 atom stereocenters. The van der Waals surface area contributed by atoms with Crippen LogP contribution in [0.1, 0.15) is 32.1 Å². The highest BCUT2D eigenvalue weighted by Crippen LogP contribution is 2.27. The summed E-state index contributed by atoms with van der Waals surface area (Å²) in [6.45, 7) is 6.55. The van der Waals surface area contributed by atoms with E-state index in [2.05, 4.69) is 22.4 Å². The molecular weight excluding hydrogens is 204 g/mol. The van der Waals surface area contributed by atoms with Gasteiger partial charge in [0, 0.05) is 32.2 Å². The number of unbranched alkanes of at least 4 members (excludes halogenated alkanes) is 2. The van der Waals surface area contributed by atoms with Gasteiger partial charge in [-0.05, 0) is 38.0 Å². The first kappa shape index (κ1) is 11.7. The van der Waals surface area contributed by atoms with E-state index in [-0.39, 0.29) is 0 Å². The zero-order chi connectivity index (χ0) is 10.5. The maximum Gasteiger partial charge on any atom is 0.0113 e. The molecule has 1 saturated heterocycles. The highest BCUT2D eigenvalue weighted by Gasteiger charge is 2.30. The third kappa shape index (κ3) is 3.97. The average molecular weight is 228 g/mol. The van der Waals surface area contributed by atoms with Crippen LogP contribution in [0.15, 0.2) is 0 Å². The third-order valence-electron chi connectivity index (χ3n) is 3.60. The summed E-state index contributed by atoms with van der Waals surface area (Å²) in [7, 11) is 0. The molecule has 0 N–H and O–H groups in total. The molecule has 0 aromatic carbocycles. The van der Waals surface area contributed by atoms with Crippen LogP contribution >= 0.6 is 12.6 Å². The predicted octanol–water partition coefficient (Wildman–Crippen LogP) is 1.87. The maximum atomic E-state index is 4.24. The van der Waals surface area contributed by atoms with E-state index >= 15 is 0 Å². The van der Waals surface area contributed by atoms with Gasteiger partial charge in [0.1, 0.15) is 0 Å². The maximum absolute atomic E-state index is 4.24. The van der Waals surface area contributed by atoms with Crippen molar-refractivity contribution in [1.29, 1.82) is 0 Å². The molecule has 2 aliphatic rings. The van der Waals surface area contributed by atoms with Crippen LogP contribution in [0.3, 0.4) is 0 Å². The smallest absolute Gasteiger partial charge is 0.0113 e. The molecule has 2 rings (SSSR count). The van der Waals surface area contributed by atoms with Gasteiger partial charge in [0.05, 0.1) is 0 Å². The fraction of sp³-hybridized carbons (Fsp3) is 1.00. The molecule has 15 heavy (non-hydrogen) atoms. The lowest BCUT2D eigenvalue weighted by atomic mass is 10.2. The highest BCUT2D eigenvalue weighted by atomic mass is 32.1. The Bertz CT molecular complexity index is 174. The number of thiol groups is 1. The minimum absolute atomic E-state index is 0.969. The van der Waals surface area contributed by atoms with E-state index < -0.39 is 0 Å². The number of piperazine rings is 1. The summed E-state index contributed by atoms with van der Waals surface area (Å²) in [5.41, 5.74) is 0. The second-order valence-electron chi connectivity index (χ2n) is 4.89. The summed E-state index contributed by atoms with van der Waals surface area (Å²) < 4.78 is 0. The van der Waals surface area contributed by atoms with Crippen LogP contribution < -0.4 is 0 Å². The molecule has 1 aliphatic carbocycles. The molecular formula is C12H24N2S. The van der Waals surface area contributed by atoms with Crippen molar-refractivity contribution in [3.8, 4) is 0 Å². The van der Waals surface area contributed by atoms with E-state index in [0.717, 1.165) is 11.8 Å². The van der Waals surface area contributed by atoms with Crippen molar-refractivity contribution < 1.29 is 0 Å². The zero-order valence-electron chi connectivity index (χ0n) is 9.70. The summed E-state index contributed by atoms with van der Waals surface area (Å²) in [4.78, 5) is 5.32. The monoisotopic (exact) mass is 228 g/mol. The lowest BCUT2D eigenvalue weighted by Gasteiger charge is -2.34. The predicted molar refractivity (Wildman–Crippen MR) is 68.7 cm³/mol. The van der Waals surface area contributed by atoms with Crippen LogP contribution in [0.5, 0.6) is 0 Å². The van der Waals surface area contributed by atoms with Crippen molar-refractivity contribution in [1.82, 2.24) is 9.80 Å². The number of hydrogen-bond acceptors (Lipinski definition) is 3. The second-order valence-corrected chi connectivity index (χ2v) is 5.34. The largest absolute Gasteiger partial charge is 0.301 e. The van der Waals surface area contributed by atoms with Gasteiger partial charge in [-0.1, -0.05) is 6.42 Å². The van der Waals surface area contributed by atoms with E-state index in [4.69, 9.17) is 0 Å². The fourth-order valence-corrected chi connectivity index (χ4v) is 2.64. The minimum atomic E-state index is 0.969. The van der Waals surface area contributed by atoms with Crippen molar-refractivity contribution >= 4 is 12.6 Å². The van der Waals surface area contributed by atoms with Crippen LogP contribution in [0.4, 0.5) is 0 Å². The van der Waals surface area contributed by atoms with Crippen LogP contribution in [-0.4, -0.2) is 54.3 Å². The van der Waals surface area contributed by atoms with Gasteiger partial charge in [0.2, 0.25) is 0 Å². The first-order valence-corrected chi connectivity index (χ1v) is 7.10. The molecule has 0 aromatic rings. The summed E-state index contributed by atoms with van der Waals surface area (Å²) >= 11 is 4.24. The van der Waals surface area contributed by atoms with Crippen molar-refractivity contribution in [3.63, 3.8) is 0 Å². The van der Waals surface area contributed by atoms with Crippen LogP contribution in [-0.2, 0) is 0 Å². The Labute approximate surface area is 99.4 Å². The molecule has 2 nitrogen and oxygen atoms in total. The van der Waals surface area contributed by atoms with Crippen molar-refractivity contribution in [3.05, 3.63) is 0 Å². The lowest BCUT2D eigenvalue weighted by molar-refractivity contribution is 0.125. The van der Waals surface area contributed by atoms with Crippen LogP contribution in [0.25, 0.3) is 0 Å². The summed E-state index contributed by atoms with van der Waals surface area (Å²) in [6, 6.07) is 0.969. The topological polar surface area (TPSA) is 6.48 Å². The van der Waals surface area contributed by atoms with Gasteiger partial charge in [0.15, 0.2) is 0 Å². The summed E-state index contributed by atoms with van der Waals surface area (Å²) in [6.07, 6.45) is 6.92. The quantitative estimate of drug-likeness (QED) is 0.548. The highest BCUT2D eigenvalue weighted by molar-refractivity contribution is 7.80. The first-order chi connectivity index (χ1) is 7.40. The van der Waals surface area contributed by atoms with Gasteiger partial charge in [-0.3, -0.25) is 4.90 Å². The second kappa shape index (κ2) is 6.12. The van der Waals surface area contributed by atoms with Gasteiger partial charge < -0.3 is 4.90 Å². The normalized spacial score (nSPS) is 24.6. The first-order valence-electron chi connectivity index (χ1n) is 6.47. The molecule has 0 amide bonds. The Morgan fingerprint density at radius 3 is 2.27 bits per heavy atom. The van der Waals surface area contributed by atoms with Gasteiger partial charge in [0.25, 0.3) is 0 Å². The Kier molecular flexibility index (Phi) is 4.79. The van der Waals surface area contributed by atoms with E-state index in [0.29, 0.717) is 0 Å². The Morgan fingerprint density at radius 1 is 0.933 bits per heavy atom. The van der Waals surface area contributed by atoms with Gasteiger partial charge in [-0.15, -0.1) is 0 Å². The Morgan fingerprint density at radius 2 is 1.67 bits per heavy atom. The molecule has 0 bridgehead atoms. The van der Waals surface area contributed by atoms with Gasteiger partial charge in [-0.25, -0.2) is 0 Å². The molecule has 2 fully saturated rings. The number of hydrogen-bond donors (Lipinski definition) is 1.